The average molecular weight is 259 g/mol. The van der Waals surface area contributed by atoms with Crippen LogP contribution in [0.25, 0.3) is 0 Å². The van der Waals surface area contributed by atoms with Crippen molar-refractivity contribution in [3.63, 3.8) is 0 Å². The van der Waals surface area contributed by atoms with Gasteiger partial charge in [0.25, 0.3) is 0 Å². The molecule has 0 aliphatic rings. The van der Waals surface area contributed by atoms with Crippen molar-refractivity contribution in [1.82, 2.24) is 0 Å². The average Bonchev–Trinajstić information content (AvgIpc) is 2.37. The van der Waals surface area contributed by atoms with Crippen molar-refractivity contribution in [2.45, 2.75) is 6.92 Å². The molecule has 0 radical (unpaired) electrons. The van der Waals surface area contributed by atoms with Crippen LogP contribution in [0.3, 0.4) is 0 Å². The summed E-state index contributed by atoms with van der Waals surface area (Å²) >= 11 is 0. The summed E-state index contributed by atoms with van der Waals surface area (Å²) in [6, 6.07) is 10.8. The number of benzene rings is 2. The molecule has 0 aromatic heterocycles. The lowest BCUT2D eigenvalue weighted by molar-refractivity contribution is 0.262. The lowest BCUT2D eigenvalue weighted by atomic mass is 10.2. The number of carbonyl (C=O) groups excluding carboxylic acids is 1. The number of nitrogens with one attached hydrogen (secondary N) is 2. The van der Waals surface area contributed by atoms with Crippen molar-refractivity contribution in [3.05, 3.63) is 53.8 Å². The largest absolute Gasteiger partial charge is 0.399 e. The topological polar surface area (TPSA) is 67.2 Å². The number of amides is 2. The third-order valence-corrected chi connectivity index (χ3v) is 2.55. The first-order valence-electron chi connectivity index (χ1n) is 5.74. The molecule has 0 unspecified atom stereocenters. The van der Waals surface area contributed by atoms with Crippen LogP contribution in [0, 0.1) is 12.7 Å². The van der Waals surface area contributed by atoms with Gasteiger partial charge in [0, 0.05) is 11.4 Å². The maximum atomic E-state index is 13.4. The molecule has 4 N–H and O–H groups in total. The van der Waals surface area contributed by atoms with E-state index in [2.05, 4.69) is 10.6 Å². The van der Waals surface area contributed by atoms with Crippen molar-refractivity contribution in [2.24, 2.45) is 0 Å². The monoisotopic (exact) mass is 259 g/mol. The van der Waals surface area contributed by atoms with Gasteiger partial charge in [-0.3, -0.25) is 0 Å². The molecule has 5 heteroatoms. The standard InChI is InChI=1S/C14H14FN3O/c1-9-2-5-11(6-3-9)17-14(19)18-13-8-10(16)4-7-12(13)15/h2-8H,16H2,1H3,(H2,17,18,19). The number of hydrogen-bond acceptors (Lipinski definition) is 2. The van der Waals surface area contributed by atoms with Crippen molar-refractivity contribution in [1.29, 1.82) is 0 Å². The summed E-state index contributed by atoms with van der Waals surface area (Å²) in [6.07, 6.45) is 0. The van der Waals surface area contributed by atoms with Gasteiger partial charge in [-0.15, -0.1) is 0 Å². The molecule has 0 fully saturated rings. The van der Waals surface area contributed by atoms with Gasteiger partial charge in [-0.05, 0) is 37.3 Å². The zero-order valence-corrected chi connectivity index (χ0v) is 10.4. The van der Waals surface area contributed by atoms with Crippen LogP contribution in [0.5, 0.6) is 0 Å². The number of nitrogen functional groups attached to an aromatic ring is 1. The molecule has 0 heterocycles. The Morgan fingerprint density at radius 1 is 1.11 bits per heavy atom. The number of hydrogen-bond donors (Lipinski definition) is 3. The molecule has 2 rings (SSSR count). The van der Waals surface area contributed by atoms with E-state index >= 15 is 0 Å². The summed E-state index contributed by atoms with van der Waals surface area (Å²) in [5.41, 5.74) is 7.68. The molecule has 2 aromatic carbocycles. The van der Waals surface area contributed by atoms with Gasteiger partial charge >= 0.3 is 6.03 Å². The second-order valence-electron chi connectivity index (χ2n) is 4.18. The van der Waals surface area contributed by atoms with E-state index in [1.807, 2.05) is 19.1 Å². The molecule has 19 heavy (non-hydrogen) atoms. The third kappa shape index (κ3) is 3.45. The maximum absolute atomic E-state index is 13.4. The molecular weight excluding hydrogens is 245 g/mol. The number of halogens is 1. The molecule has 0 atom stereocenters. The Morgan fingerprint density at radius 3 is 2.47 bits per heavy atom. The number of anilines is 3. The van der Waals surface area contributed by atoms with Crippen LogP contribution in [-0.2, 0) is 0 Å². The molecule has 0 saturated heterocycles. The lowest BCUT2D eigenvalue weighted by Crippen LogP contribution is -2.20. The Hall–Kier alpha value is -2.56. The molecule has 98 valence electrons. The molecule has 0 aliphatic carbocycles. The zero-order chi connectivity index (χ0) is 13.8. The van der Waals surface area contributed by atoms with Gasteiger partial charge in [0.05, 0.1) is 5.69 Å². The van der Waals surface area contributed by atoms with Crippen LogP contribution >= 0.6 is 0 Å². The Morgan fingerprint density at radius 2 is 1.79 bits per heavy atom. The fourth-order valence-corrected chi connectivity index (χ4v) is 1.56. The van der Waals surface area contributed by atoms with Crippen LogP contribution in [-0.4, -0.2) is 6.03 Å². The smallest absolute Gasteiger partial charge is 0.323 e. The number of rotatable bonds is 2. The minimum atomic E-state index is -0.534. The highest BCUT2D eigenvalue weighted by atomic mass is 19.1. The fourth-order valence-electron chi connectivity index (χ4n) is 1.56. The Labute approximate surface area is 110 Å². The summed E-state index contributed by atoms with van der Waals surface area (Å²) in [5, 5.41) is 5.02. The zero-order valence-electron chi connectivity index (χ0n) is 10.4. The van der Waals surface area contributed by atoms with E-state index in [0.717, 1.165) is 5.56 Å². The minimum Gasteiger partial charge on any atom is -0.399 e. The first kappa shape index (κ1) is 12.9. The van der Waals surface area contributed by atoms with Crippen molar-refractivity contribution >= 4 is 23.1 Å². The lowest BCUT2D eigenvalue weighted by Gasteiger charge is -2.09. The van der Waals surface area contributed by atoms with Crippen LogP contribution in [0.1, 0.15) is 5.56 Å². The van der Waals surface area contributed by atoms with Gasteiger partial charge in [-0.2, -0.15) is 0 Å². The molecule has 0 aliphatic heterocycles. The number of carbonyl (C=O) groups is 1. The highest BCUT2D eigenvalue weighted by Crippen LogP contribution is 2.18. The van der Waals surface area contributed by atoms with Crippen LogP contribution in [0.2, 0.25) is 0 Å². The quantitative estimate of drug-likeness (QED) is 0.724. The van der Waals surface area contributed by atoms with Crippen molar-refractivity contribution < 1.29 is 9.18 Å². The second-order valence-corrected chi connectivity index (χ2v) is 4.18. The van der Waals surface area contributed by atoms with E-state index in [-0.39, 0.29) is 5.69 Å². The molecular formula is C14H14FN3O. The molecule has 4 nitrogen and oxygen atoms in total. The van der Waals surface area contributed by atoms with Gasteiger partial charge in [0.1, 0.15) is 5.82 Å². The Balaban J connectivity index is 2.05. The van der Waals surface area contributed by atoms with Gasteiger partial charge in [-0.1, -0.05) is 17.7 Å². The van der Waals surface area contributed by atoms with E-state index in [1.54, 1.807) is 12.1 Å². The van der Waals surface area contributed by atoms with Gasteiger partial charge in [0.15, 0.2) is 0 Å². The van der Waals surface area contributed by atoms with Crippen molar-refractivity contribution in [3.8, 4) is 0 Å². The third-order valence-electron chi connectivity index (χ3n) is 2.55. The first-order chi connectivity index (χ1) is 9.04. The normalized spacial score (nSPS) is 10.0. The maximum Gasteiger partial charge on any atom is 0.323 e. The summed E-state index contributed by atoms with van der Waals surface area (Å²) in [4.78, 5) is 11.7. The predicted molar refractivity (Wildman–Crippen MR) is 74.6 cm³/mol. The molecule has 0 saturated carbocycles. The predicted octanol–water partition coefficient (Wildman–Crippen LogP) is 3.36. The van der Waals surface area contributed by atoms with Gasteiger partial charge in [0.2, 0.25) is 0 Å². The highest BCUT2D eigenvalue weighted by molar-refractivity contribution is 6.00. The number of nitrogens with two attached hydrogens (primary N) is 1. The summed E-state index contributed by atoms with van der Waals surface area (Å²) in [5.74, 6) is -0.534. The summed E-state index contributed by atoms with van der Waals surface area (Å²) in [7, 11) is 0. The molecule has 2 aromatic rings. The number of urea groups is 1. The molecule has 2 amide bonds. The Bertz CT molecular complexity index is 596. The van der Waals surface area contributed by atoms with E-state index in [4.69, 9.17) is 5.73 Å². The van der Waals surface area contributed by atoms with E-state index in [1.165, 1.54) is 18.2 Å². The molecule has 0 bridgehead atoms. The van der Waals surface area contributed by atoms with Crippen molar-refractivity contribution in [2.75, 3.05) is 16.4 Å². The summed E-state index contributed by atoms with van der Waals surface area (Å²) < 4.78 is 13.4. The van der Waals surface area contributed by atoms with Gasteiger partial charge in [-0.25, -0.2) is 9.18 Å². The SMILES string of the molecule is Cc1ccc(NC(=O)Nc2cc(N)ccc2F)cc1. The highest BCUT2D eigenvalue weighted by Gasteiger charge is 2.07. The van der Waals surface area contributed by atoms with Crippen LogP contribution < -0.4 is 16.4 Å². The fraction of sp³-hybridized carbons (Fsp3) is 0.0714. The first-order valence-corrected chi connectivity index (χ1v) is 5.74. The van der Waals surface area contributed by atoms with Gasteiger partial charge < -0.3 is 16.4 Å². The van der Waals surface area contributed by atoms with E-state index in [0.29, 0.717) is 11.4 Å². The number of aryl methyl sites for hydroxylation is 1. The van der Waals surface area contributed by atoms with Crippen LogP contribution in [0.4, 0.5) is 26.2 Å². The minimum absolute atomic E-state index is 0.0459. The van der Waals surface area contributed by atoms with E-state index < -0.39 is 11.8 Å². The van der Waals surface area contributed by atoms with E-state index in [9.17, 15) is 9.18 Å². The second kappa shape index (κ2) is 5.39. The molecule has 0 spiro atoms. The van der Waals surface area contributed by atoms with Crippen LogP contribution in [0.15, 0.2) is 42.5 Å². The Kier molecular flexibility index (Phi) is 3.66. The summed E-state index contributed by atoms with van der Waals surface area (Å²) in [6.45, 7) is 1.95.